The van der Waals surface area contributed by atoms with Crippen LogP contribution in [0.1, 0.15) is 12.8 Å². The van der Waals surface area contributed by atoms with Crippen LogP contribution in [-0.2, 0) is 0 Å². The molecule has 7 N–H and O–H groups in total. The second-order valence-electron chi connectivity index (χ2n) is 1.73. The molecule has 0 amide bonds. The highest BCUT2D eigenvalue weighted by atomic mass is 15.2. The van der Waals surface area contributed by atoms with Crippen LogP contribution in [0.4, 0.5) is 0 Å². The van der Waals surface area contributed by atoms with Gasteiger partial charge in [-0.3, -0.25) is 5.84 Å². The Kier molecular flexibility index (Phi) is 4.95. The van der Waals surface area contributed by atoms with Gasteiger partial charge in [0.05, 0.1) is 0 Å². The fraction of sp³-hybridized carbons (Fsp3) is 0.600. The minimum absolute atomic E-state index is 0.666. The van der Waals surface area contributed by atoms with E-state index in [0.29, 0.717) is 6.54 Å². The van der Waals surface area contributed by atoms with Crippen molar-refractivity contribution < 1.29 is 0 Å². The quantitative estimate of drug-likeness (QED) is 0.290. The number of hydrazine groups is 1. The average molecular weight is 130 g/mol. The zero-order valence-corrected chi connectivity index (χ0v) is 5.43. The molecule has 0 aromatic rings. The van der Waals surface area contributed by atoms with E-state index < -0.39 is 0 Å². The van der Waals surface area contributed by atoms with Gasteiger partial charge in [-0.2, -0.15) is 0 Å². The molecule has 0 radical (unpaired) electrons. The first-order valence-electron chi connectivity index (χ1n) is 2.92. The highest BCUT2D eigenvalue weighted by Crippen LogP contribution is 1.94. The molecular weight excluding hydrogens is 116 g/mol. The molecule has 0 saturated heterocycles. The fourth-order valence-electron chi connectivity index (χ4n) is 0.496. The molecule has 0 atom stereocenters. The molecule has 0 aromatic carbocycles. The van der Waals surface area contributed by atoms with Crippen molar-refractivity contribution in [3.8, 4) is 0 Å². The van der Waals surface area contributed by atoms with Crippen LogP contribution in [0.5, 0.6) is 0 Å². The Balaban J connectivity index is 3.33. The Morgan fingerprint density at radius 1 is 1.56 bits per heavy atom. The normalized spacial score (nSPS) is 11.6. The number of hydrogen-bond acceptors (Lipinski definition) is 4. The summed E-state index contributed by atoms with van der Waals surface area (Å²) in [4.78, 5) is 0. The summed E-state index contributed by atoms with van der Waals surface area (Å²) in [5, 5.41) is 0. The Labute approximate surface area is 55.0 Å². The maximum absolute atomic E-state index is 5.25. The maximum atomic E-state index is 5.25. The molecule has 0 fully saturated rings. The van der Waals surface area contributed by atoms with Crippen molar-refractivity contribution in [2.24, 2.45) is 17.3 Å². The third-order valence-corrected chi connectivity index (χ3v) is 1.04. The Morgan fingerprint density at radius 3 is 2.56 bits per heavy atom. The monoisotopic (exact) mass is 130 g/mol. The molecule has 0 aliphatic heterocycles. The van der Waals surface area contributed by atoms with Gasteiger partial charge in [-0.1, -0.05) is 0 Å². The number of nitrogens with one attached hydrogen (secondary N) is 1. The van der Waals surface area contributed by atoms with Crippen molar-refractivity contribution in [3.63, 3.8) is 0 Å². The van der Waals surface area contributed by atoms with Crippen LogP contribution in [0.3, 0.4) is 0 Å². The Morgan fingerprint density at radius 2 is 2.22 bits per heavy atom. The summed E-state index contributed by atoms with van der Waals surface area (Å²) in [7, 11) is 0. The zero-order valence-electron chi connectivity index (χ0n) is 5.43. The predicted molar refractivity (Wildman–Crippen MR) is 37.9 cm³/mol. The summed E-state index contributed by atoms with van der Waals surface area (Å²) >= 11 is 0. The molecule has 9 heavy (non-hydrogen) atoms. The van der Waals surface area contributed by atoms with Crippen molar-refractivity contribution in [2.45, 2.75) is 12.8 Å². The van der Waals surface area contributed by atoms with E-state index in [4.69, 9.17) is 17.3 Å². The first kappa shape index (κ1) is 8.26. The summed E-state index contributed by atoms with van der Waals surface area (Å²) in [5.74, 6) is 5.08. The van der Waals surface area contributed by atoms with Crippen LogP contribution in [0.2, 0.25) is 0 Å². The second kappa shape index (κ2) is 5.40. The number of nitrogens with two attached hydrogens (primary N) is 3. The van der Waals surface area contributed by atoms with E-state index >= 15 is 0 Å². The van der Waals surface area contributed by atoms with Gasteiger partial charge < -0.3 is 16.9 Å². The van der Waals surface area contributed by atoms with Crippen LogP contribution < -0.4 is 22.7 Å². The maximum Gasteiger partial charge on any atom is 0.0414 e. The van der Waals surface area contributed by atoms with Gasteiger partial charge in [0.1, 0.15) is 0 Å². The number of rotatable bonds is 4. The zero-order chi connectivity index (χ0) is 7.11. The molecule has 0 unspecified atom stereocenters. The number of allylic oxidation sites excluding steroid dienone is 1. The first-order valence-corrected chi connectivity index (χ1v) is 2.92. The van der Waals surface area contributed by atoms with E-state index in [1.165, 1.54) is 6.20 Å². The van der Waals surface area contributed by atoms with E-state index in [-0.39, 0.29) is 0 Å². The highest BCUT2D eigenvalue weighted by molar-refractivity contribution is 4.94. The third-order valence-electron chi connectivity index (χ3n) is 1.04. The first-order chi connectivity index (χ1) is 4.35. The van der Waals surface area contributed by atoms with Crippen LogP contribution in [0, 0.1) is 0 Å². The smallest absolute Gasteiger partial charge is 0.0414 e. The van der Waals surface area contributed by atoms with Crippen LogP contribution >= 0.6 is 0 Å². The lowest BCUT2D eigenvalue weighted by atomic mass is 10.2. The second-order valence-corrected chi connectivity index (χ2v) is 1.73. The van der Waals surface area contributed by atoms with E-state index in [0.717, 1.165) is 18.5 Å². The molecule has 0 rings (SSSR count). The SMILES string of the molecule is N/C=C(/CCCN)NN. The van der Waals surface area contributed by atoms with Crippen molar-refractivity contribution >= 4 is 0 Å². The van der Waals surface area contributed by atoms with E-state index in [1.54, 1.807) is 0 Å². The Bertz CT molecular complexity index is 89.0. The van der Waals surface area contributed by atoms with Gasteiger partial charge in [0.25, 0.3) is 0 Å². The van der Waals surface area contributed by atoms with Crippen molar-refractivity contribution in [2.75, 3.05) is 6.54 Å². The molecule has 0 bridgehead atoms. The summed E-state index contributed by atoms with van der Waals surface area (Å²) in [6.45, 7) is 0.666. The van der Waals surface area contributed by atoms with Gasteiger partial charge in [-0.15, -0.1) is 0 Å². The van der Waals surface area contributed by atoms with Crippen LogP contribution in [0.25, 0.3) is 0 Å². The van der Waals surface area contributed by atoms with Crippen LogP contribution in [-0.4, -0.2) is 6.54 Å². The average Bonchev–Trinajstić information content (AvgIpc) is 1.91. The summed E-state index contributed by atoms with van der Waals surface area (Å²) in [5.41, 5.74) is 13.7. The molecule has 0 aromatic heterocycles. The predicted octanol–water partition coefficient (Wildman–Crippen LogP) is -1.01. The standard InChI is InChI=1S/C5H14N4/c6-3-1-2-5(4-7)9-8/h4,9H,1-3,6-8H2/b5-4-. The van der Waals surface area contributed by atoms with E-state index in [9.17, 15) is 0 Å². The molecule has 0 heterocycles. The van der Waals surface area contributed by atoms with Gasteiger partial charge >= 0.3 is 0 Å². The minimum Gasteiger partial charge on any atom is -0.403 e. The lowest BCUT2D eigenvalue weighted by Crippen LogP contribution is -2.22. The van der Waals surface area contributed by atoms with Gasteiger partial charge in [0.2, 0.25) is 0 Å². The van der Waals surface area contributed by atoms with Crippen molar-refractivity contribution in [1.82, 2.24) is 5.43 Å². The molecule has 0 aliphatic carbocycles. The lowest BCUT2D eigenvalue weighted by Gasteiger charge is -2.02. The molecular formula is C5H14N4. The molecule has 54 valence electrons. The fourth-order valence-corrected chi connectivity index (χ4v) is 0.496. The topological polar surface area (TPSA) is 90.1 Å². The largest absolute Gasteiger partial charge is 0.403 e. The van der Waals surface area contributed by atoms with Crippen molar-refractivity contribution in [3.05, 3.63) is 11.9 Å². The van der Waals surface area contributed by atoms with E-state index in [1.807, 2.05) is 0 Å². The lowest BCUT2D eigenvalue weighted by molar-refractivity contribution is 0.738. The van der Waals surface area contributed by atoms with Gasteiger partial charge in [-0.05, 0) is 19.4 Å². The molecule has 4 heteroatoms. The summed E-state index contributed by atoms with van der Waals surface area (Å²) in [6, 6.07) is 0. The van der Waals surface area contributed by atoms with Gasteiger partial charge in [0, 0.05) is 11.9 Å². The van der Waals surface area contributed by atoms with Gasteiger partial charge in [0.15, 0.2) is 0 Å². The third kappa shape index (κ3) is 3.81. The highest BCUT2D eigenvalue weighted by Gasteiger charge is 1.89. The Hall–Kier alpha value is -0.740. The molecule has 0 spiro atoms. The summed E-state index contributed by atoms with van der Waals surface area (Å²) in [6.07, 6.45) is 3.19. The minimum atomic E-state index is 0.666. The van der Waals surface area contributed by atoms with E-state index in [2.05, 4.69) is 5.43 Å². The molecule has 0 saturated carbocycles. The molecule has 4 nitrogen and oxygen atoms in total. The van der Waals surface area contributed by atoms with Gasteiger partial charge in [-0.25, -0.2) is 0 Å². The number of hydrogen-bond donors (Lipinski definition) is 4. The molecule has 0 aliphatic rings. The van der Waals surface area contributed by atoms with Crippen molar-refractivity contribution in [1.29, 1.82) is 0 Å². The summed E-state index contributed by atoms with van der Waals surface area (Å²) < 4.78 is 0. The van der Waals surface area contributed by atoms with Crippen LogP contribution in [0.15, 0.2) is 11.9 Å².